The SMILES string of the molecule is CNCC(=O)N1CCC2(C1)OCCO2. The van der Waals surface area contributed by atoms with Crippen LogP contribution in [0.5, 0.6) is 0 Å². The fourth-order valence-corrected chi connectivity index (χ4v) is 1.96. The van der Waals surface area contributed by atoms with Crippen LogP contribution >= 0.6 is 0 Å². The molecule has 2 aliphatic heterocycles. The Morgan fingerprint density at radius 2 is 2.21 bits per heavy atom. The van der Waals surface area contributed by atoms with E-state index in [9.17, 15) is 4.79 Å². The summed E-state index contributed by atoms with van der Waals surface area (Å²) in [5.41, 5.74) is 0. The van der Waals surface area contributed by atoms with Crippen LogP contribution in [0.4, 0.5) is 0 Å². The fourth-order valence-electron chi connectivity index (χ4n) is 1.96. The molecule has 1 N–H and O–H groups in total. The largest absolute Gasteiger partial charge is 0.346 e. The van der Waals surface area contributed by atoms with Gasteiger partial charge in [-0.15, -0.1) is 0 Å². The van der Waals surface area contributed by atoms with Crippen molar-refractivity contribution < 1.29 is 14.3 Å². The second-order valence-corrected chi connectivity index (χ2v) is 3.70. The molecule has 2 rings (SSSR count). The summed E-state index contributed by atoms with van der Waals surface area (Å²) in [7, 11) is 1.77. The zero-order valence-corrected chi connectivity index (χ0v) is 8.41. The summed E-state index contributed by atoms with van der Waals surface area (Å²) in [5, 5.41) is 2.85. The molecule has 0 aromatic rings. The lowest BCUT2D eigenvalue weighted by Crippen LogP contribution is -2.40. The Morgan fingerprint density at radius 3 is 2.86 bits per heavy atom. The number of rotatable bonds is 2. The third-order valence-electron chi connectivity index (χ3n) is 2.69. The Labute approximate surface area is 83.3 Å². The van der Waals surface area contributed by atoms with Crippen LogP contribution in [0.2, 0.25) is 0 Å². The number of nitrogens with zero attached hydrogens (tertiary/aromatic N) is 1. The average Bonchev–Trinajstić information content (AvgIpc) is 2.78. The Balaban J connectivity index is 1.90. The van der Waals surface area contributed by atoms with Crippen molar-refractivity contribution in [2.24, 2.45) is 0 Å². The van der Waals surface area contributed by atoms with Gasteiger partial charge in [0.1, 0.15) is 0 Å². The van der Waals surface area contributed by atoms with Crippen LogP contribution in [0.3, 0.4) is 0 Å². The lowest BCUT2D eigenvalue weighted by molar-refractivity contribution is -0.152. The molecule has 0 unspecified atom stereocenters. The van der Waals surface area contributed by atoms with Crippen molar-refractivity contribution in [1.82, 2.24) is 10.2 Å². The number of likely N-dealkylation sites (tertiary alicyclic amines) is 1. The molecular formula is C9H16N2O3. The average molecular weight is 200 g/mol. The second-order valence-electron chi connectivity index (χ2n) is 3.70. The van der Waals surface area contributed by atoms with Crippen molar-refractivity contribution in [2.45, 2.75) is 12.2 Å². The van der Waals surface area contributed by atoms with E-state index in [0.29, 0.717) is 26.3 Å². The molecule has 0 aromatic heterocycles. The lowest BCUT2D eigenvalue weighted by atomic mass is 10.2. The molecule has 0 radical (unpaired) electrons. The number of carbonyl (C=O) groups is 1. The molecule has 1 spiro atoms. The van der Waals surface area contributed by atoms with E-state index in [1.54, 1.807) is 11.9 Å². The monoisotopic (exact) mass is 200 g/mol. The maximum atomic E-state index is 11.5. The molecule has 0 saturated carbocycles. The normalized spacial score (nSPS) is 24.8. The van der Waals surface area contributed by atoms with Gasteiger partial charge in [-0.05, 0) is 7.05 Å². The standard InChI is InChI=1S/C9H16N2O3/c1-10-6-8(12)11-3-2-9(7-11)13-4-5-14-9/h10H,2-7H2,1H3. The van der Waals surface area contributed by atoms with Crippen molar-refractivity contribution in [3.8, 4) is 0 Å². The molecular weight excluding hydrogens is 184 g/mol. The summed E-state index contributed by atoms with van der Waals surface area (Å²) >= 11 is 0. The van der Waals surface area contributed by atoms with Gasteiger partial charge in [-0.2, -0.15) is 0 Å². The number of carbonyl (C=O) groups excluding carboxylic acids is 1. The molecule has 1 amide bonds. The number of hydrogen-bond acceptors (Lipinski definition) is 4. The first-order valence-corrected chi connectivity index (χ1v) is 4.96. The number of ether oxygens (including phenoxy) is 2. The molecule has 0 aliphatic carbocycles. The number of nitrogens with one attached hydrogen (secondary N) is 1. The minimum Gasteiger partial charge on any atom is -0.346 e. The van der Waals surface area contributed by atoms with E-state index >= 15 is 0 Å². The van der Waals surface area contributed by atoms with Crippen molar-refractivity contribution >= 4 is 5.91 Å². The van der Waals surface area contributed by atoms with Gasteiger partial charge >= 0.3 is 0 Å². The smallest absolute Gasteiger partial charge is 0.236 e. The van der Waals surface area contributed by atoms with Gasteiger partial charge in [0, 0.05) is 13.0 Å². The van der Waals surface area contributed by atoms with Crippen LogP contribution in [0, 0.1) is 0 Å². The fraction of sp³-hybridized carbons (Fsp3) is 0.889. The van der Waals surface area contributed by atoms with Crippen molar-refractivity contribution in [1.29, 1.82) is 0 Å². The van der Waals surface area contributed by atoms with Gasteiger partial charge in [-0.1, -0.05) is 0 Å². The predicted molar refractivity (Wildman–Crippen MR) is 49.8 cm³/mol. The zero-order valence-electron chi connectivity index (χ0n) is 8.41. The molecule has 5 nitrogen and oxygen atoms in total. The van der Waals surface area contributed by atoms with E-state index in [1.807, 2.05) is 0 Å². The highest BCUT2D eigenvalue weighted by Gasteiger charge is 2.44. The van der Waals surface area contributed by atoms with Crippen LogP contribution < -0.4 is 5.32 Å². The summed E-state index contributed by atoms with van der Waals surface area (Å²) < 4.78 is 11.0. The molecule has 2 fully saturated rings. The third-order valence-corrected chi connectivity index (χ3v) is 2.69. The highest BCUT2D eigenvalue weighted by atomic mass is 16.7. The molecule has 2 saturated heterocycles. The van der Waals surface area contributed by atoms with Crippen LogP contribution in [0.15, 0.2) is 0 Å². The van der Waals surface area contributed by atoms with E-state index in [1.165, 1.54) is 0 Å². The first-order valence-electron chi connectivity index (χ1n) is 4.96. The maximum absolute atomic E-state index is 11.5. The molecule has 0 atom stereocenters. The molecule has 14 heavy (non-hydrogen) atoms. The Morgan fingerprint density at radius 1 is 1.50 bits per heavy atom. The van der Waals surface area contributed by atoms with Gasteiger partial charge in [0.25, 0.3) is 0 Å². The second kappa shape index (κ2) is 3.84. The summed E-state index contributed by atoms with van der Waals surface area (Å²) in [6, 6.07) is 0. The number of hydrogen-bond donors (Lipinski definition) is 1. The number of likely N-dealkylation sites (N-methyl/N-ethyl adjacent to an activating group) is 1. The lowest BCUT2D eigenvalue weighted by Gasteiger charge is -2.22. The van der Waals surface area contributed by atoms with Crippen LogP contribution in [0.1, 0.15) is 6.42 Å². The first-order chi connectivity index (χ1) is 6.76. The molecule has 80 valence electrons. The van der Waals surface area contributed by atoms with Gasteiger partial charge in [0.05, 0.1) is 26.3 Å². The van der Waals surface area contributed by atoms with Crippen LogP contribution in [-0.4, -0.2) is 56.5 Å². The van der Waals surface area contributed by atoms with Gasteiger partial charge in [-0.3, -0.25) is 4.79 Å². The summed E-state index contributed by atoms with van der Waals surface area (Å²) in [6.45, 7) is 2.99. The van der Waals surface area contributed by atoms with E-state index in [4.69, 9.17) is 9.47 Å². The van der Waals surface area contributed by atoms with Gasteiger partial charge < -0.3 is 19.7 Å². The first kappa shape index (κ1) is 9.89. The zero-order chi connectivity index (χ0) is 10.0. The van der Waals surface area contributed by atoms with E-state index in [0.717, 1.165) is 13.0 Å². The molecule has 0 bridgehead atoms. The minimum atomic E-state index is -0.483. The Bertz CT molecular complexity index is 226. The third kappa shape index (κ3) is 1.75. The van der Waals surface area contributed by atoms with E-state index in [2.05, 4.69) is 5.32 Å². The molecule has 0 aromatic carbocycles. The Hall–Kier alpha value is -0.650. The van der Waals surface area contributed by atoms with Crippen molar-refractivity contribution in [2.75, 3.05) is 39.9 Å². The van der Waals surface area contributed by atoms with E-state index < -0.39 is 5.79 Å². The highest BCUT2D eigenvalue weighted by Crippen LogP contribution is 2.30. The molecule has 2 heterocycles. The van der Waals surface area contributed by atoms with Gasteiger partial charge in [-0.25, -0.2) is 0 Å². The van der Waals surface area contributed by atoms with Crippen LogP contribution in [-0.2, 0) is 14.3 Å². The molecule has 5 heteroatoms. The summed E-state index contributed by atoms with van der Waals surface area (Å²) in [6.07, 6.45) is 0.794. The van der Waals surface area contributed by atoms with Gasteiger partial charge in [0.2, 0.25) is 5.91 Å². The van der Waals surface area contributed by atoms with Gasteiger partial charge in [0.15, 0.2) is 5.79 Å². The summed E-state index contributed by atoms with van der Waals surface area (Å²) in [4.78, 5) is 13.3. The minimum absolute atomic E-state index is 0.114. The molecule has 2 aliphatic rings. The Kier molecular flexibility index (Phi) is 2.71. The predicted octanol–water partition coefficient (Wildman–Crippen LogP) is -0.819. The van der Waals surface area contributed by atoms with Crippen LogP contribution in [0.25, 0.3) is 0 Å². The number of amides is 1. The van der Waals surface area contributed by atoms with Crippen molar-refractivity contribution in [3.05, 3.63) is 0 Å². The quantitative estimate of drug-likeness (QED) is 0.633. The van der Waals surface area contributed by atoms with E-state index in [-0.39, 0.29) is 5.91 Å². The topological polar surface area (TPSA) is 50.8 Å². The maximum Gasteiger partial charge on any atom is 0.236 e. The van der Waals surface area contributed by atoms with Crippen molar-refractivity contribution in [3.63, 3.8) is 0 Å². The summed E-state index contributed by atoms with van der Waals surface area (Å²) in [5.74, 6) is -0.368. The highest BCUT2D eigenvalue weighted by molar-refractivity contribution is 5.78.